The van der Waals surface area contributed by atoms with Crippen LogP contribution in [-0.2, 0) is 0 Å². The van der Waals surface area contributed by atoms with Crippen LogP contribution in [0.15, 0.2) is 23.8 Å². The molecule has 2 rings (SSSR count). The van der Waals surface area contributed by atoms with Gasteiger partial charge in [0.2, 0.25) is 0 Å². The Morgan fingerprint density at radius 2 is 2.29 bits per heavy atom. The van der Waals surface area contributed by atoms with E-state index in [1.54, 1.807) is 0 Å². The number of pyridine rings is 1. The van der Waals surface area contributed by atoms with Crippen LogP contribution in [0, 0.1) is 0 Å². The van der Waals surface area contributed by atoms with E-state index in [1.165, 1.54) is 17.7 Å². The third kappa shape index (κ3) is 2.58. The lowest BCUT2D eigenvalue weighted by atomic mass is 10.1. The highest BCUT2D eigenvalue weighted by atomic mass is 35.5. The Balaban J connectivity index is 2.39. The number of hydrogen-bond donors (Lipinski definition) is 1. The highest BCUT2D eigenvalue weighted by Crippen LogP contribution is 2.24. The summed E-state index contributed by atoms with van der Waals surface area (Å²) < 4.78 is 0. The molecule has 2 heterocycles. The molecule has 0 saturated carbocycles. The zero-order valence-corrected chi connectivity index (χ0v) is 10.2. The third-order valence-corrected chi connectivity index (χ3v) is 2.91. The minimum absolute atomic E-state index is 0.198. The largest absolute Gasteiger partial charge is 0.478 e. The number of hydrogen-bond acceptors (Lipinski definition) is 3. The van der Waals surface area contributed by atoms with Gasteiger partial charge < -0.3 is 10.0 Å². The van der Waals surface area contributed by atoms with E-state index in [-0.39, 0.29) is 5.56 Å². The fraction of sp³-hybridized carbons (Fsp3) is 0.333. The summed E-state index contributed by atoms with van der Waals surface area (Å²) in [7, 11) is 0. The second kappa shape index (κ2) is 4.75. The van der Waals surface area contributed by atoms with Crippen molar-refractivity contribution in [1.82, 2.24) is 4.98 Å². The van der Waals surface area contributed by atoms with Gasteiger partial charge in [-0.15, -0.1) is 0 Å². The summed E-state index contributed by atoms with van der Waals surface area (Å²) in [4.78, 5) is 17.2. The molecule has 4 nitrogen and oxygen atoms in total. The maximum Gasteiger partial charge on any atom is 0.339 e. The second-order valence-corrected chi connectivity index (χ2v) is 4.46. The van der Waals surface area contributed by atoms with Gasteiger partial charge in [-0.3, -0.25) is 0 Å². The Bertz CT molecular complexity index is 485. The van der Waals surface area contributed by atoms with Crippen LogP contribution in [0.2, 0.25) is 5.15 Å². The number of nitrogens with zero attached hydrogens (tertiary/aromatic N) is 2. The zero-order chi connectivity index (χ0) is 12.4. The number of anilines is 1. The molecular weight excluding hydrogens is 240 g/mol. The Hall–Kier alpha value is -1.55. The van der Waals surface area contributed by atoms with E-state index < -0.39 is 5.97 Å². The Morgan fingerprint density at radius 3 is 2.94 bits per heavy atom. The SMILES string of the molecule is CC1=CCCN(c2nc(Cl)ccc2C(=O)O)C1. The summed E-state index contributed by atoms with van der Waals surface area (Å²) in [6.07, 6.45) is 3.06. The number of halogens is 1. The number of rotatable bonds is 2. The van der Waals surface area contributed by atoms with Gasteiger partial charge in [0.25, 0.3) is 0 Å². The Labute approximate surface area is 105 Å². The van der Waals surface area contributed by atoms with Crippen LogP contribution in [-0.4, -0.2) is 29.1 Å². The molecule has 0 unspecified atom stereocenters. The topological polar surface area (TPSA) is 53.4 Å². The minimum Gasteiger partial charge on any atom is -0.478 e. The van der Waals surface area contributed by atoms with Crippen LogP contribution in [0.25, 0.3) is 0 Å². The fourth-order valence-electron chi connectivity index (χ4n) is 1.93. The van der Waals surface area contributed by atoms with Gasteiger partial charge >= 0.3 is 5.97 Å². The Morgan fingerprint density at radius 1 is 1.53 bits per heavy atom. The van der Waals surface area contributed by atoms with Crippen molar-refractivity contribution in [3.05, 3.63) is 34.5 Å². The molecule has 0 radical (unpaired) electrons. The van der Waals surface area contributed by atoms with E-state index >= 15 is 0 Å². The maximum atomic E-state index is 11.1. The van der Waals surface area contributed by atoms with Gasteiger partial charge in [0.15, 0.2) is 0 Å². The second-order valence-electron chi connectivity index (χ2n) is 4.07. The number of aromatic nitrogens is 1. The van der Waals surface area contributed by atoms with Crippen molar-refractivity contribution in [2.75, 3.05) is 18.0 Å². The van der Waals surface area contributed by atoms with E-state index in [0.717, 1.165) is 13.0 Å². The van der Waals surface area contributed by atoms with E-state index in [9.17, 15) is 4.79 Å². The highest BCUT2D eigenvalue weighted by molar-refractivity contribution is 6.29. The lowest BCUT2D eigenvalue weighted by molar-refractivity contribution is 0.0697. The molecule has 0 spiro atoms. The Kier molecular flexibility index (Phi) is 3.33. The van der Waals surface area contributed by atoms with Crippen LogP contribution in [0.4, 0.5) is 5.82 Å². The summed E-state index contributed by atoms with van der Waals surface area (Å²) in [5.41, 5.74) is 1.42. The number of carboxylic acid groups (broad SMARTS) is 1. The van der Waals surface area contributed by atoms with Crippen LogP contribution in [0.3, 0.4) is 0 Å². The average Bonchev–Trinajstić information content (AvgIpc) is 2.28. The van der Waals surface area contributed by atoms with Crippen molar-refractivity contribution in [2.24, 2.45) is 0 Å². The summed E-state index contributed by atoms with van der Waals surface area (Å²) in [6.45, 7) is 3.50. The van der Waals surface area contributed by atoms with Gasteiger partial charge in [0.05, 0.1) is 0 Å². The number of carboxylic acids is 1. The molecule has 0 bridgehead atoms. The van der Waals surface area contributed by atoms with E-state index in [0.29, 0.717) is 17.5 Å². The van der Waals surface area contributed by atoms with Gasteiger partial charge in [0, 0.05) is 13.1 Å². The summed E-state index contributed by atoms with van der Waals surface area (Å²) >= 11 is 5.83. The van der Waals surface area contributed by atoms with Crippen molar-refractivity contribution >= 4 is 23.4 Å². The summed E-state index contributed by atoms with van der Waals surface area (Å²) in [5, 5.41) is 9.45. The molecule has 0 aromatic carbocycles. The lowest BCUT2D eigenvalue weighted by Gasteiger charge is -2.28. The molecule has 0 atom stereocenters. The molecule has 90 valence electrons. The molecule has 0 amide bonds. The molecule has 0 aliphatic carbocycles. The van der Waals surface area contributed by atoms with Crippen molar-refractivity contribution in [1.29, 1.82) is 0 Å². The molecular formula is C12H13ClN2O2. The number of carbonyl (C=O) groups is 1. The molecule has 0 saturated heterocycles. The molecule has 5 heteroatoms. The summed E-state index contributed by atoms with van der Waals surface area (Å²) in [6, 6.07) is 3.00. The first-order valence-electron chi connectivity index (χ1n) is 5.38. The van der Waals surface area contributed by atoms with Gasteiger partial charge in [-0.1, -0.05) is 23.3 Å². The fourth-order valence-corrected chi connectivity index (χ4v) is 2.07. The van der Waals surface area contributed by atoms with Crippen molar-refractivity contribution in [3.63, 3.8) is 0 Å². The number of aromatic carboxylic acids is 1. The molecule has 1 aliphatic rings. The predicted molar refractivity (Wildman–Crippen MR) is 66.8 cm³/mol. The monoisotopic (exact) mass is 252 g/mol. The van der Waals surface area contributed by atoms with E-state index in [1.807, 2.05) is 11.8 Å². The van der Waals surface area contributed by atoms with E-state index in [4.69, 9.17) is 16.7 Å². The van der Waals surface area contributed by atoms with E-state index in [2.05, 4.69) is 11.1 Å². The quantitative estimate of drug-likeness (QED) is 0.649. The van der Waals surface area contributed by atoms with Crippen molar-refractivity contribution in [3.8, 4) is 0 Å². The predicted octanol–water partition coefficient (Wildman–Crippen LogP) is 2.59. The molecule has 1 aliphatic heterocycles. The summed E-state index contributed by atoms with van der Waals surface area (Å²) in [5.74, 6) is -0.520. The molecule has 0 fully saturated rings. The highest BCUT2D eigenvalue weighted by Gasteiger charge is 2.19. The van der Waals surface area contributed by atoms with Crippen molar-refractivity contribution < 1.29 is 9.90 Å². The molecule has 1 N–H and O–H groups in total. The van der Waals surface area contributed by atoms with Crippen LogP contribution in [0.1, 0.15) is 23.7 Å². The maximum absolute atomic E-state index is 11.1. The van der Waals surface area contributed by atoms with Crippen molar-refractivity contribution in [2.45, 2.75) is 13.3 Å². The normalized spacial score (nSPS) is 15.6. The van der Waals surface area contributed by atoms with Gasteiger partial charge in [0.1, 0.15) is 16.5 Å². The minimum atomic E-state index is -0.976. The van der Waals surface area contributed by atoms with Gasteiger partial charge in [-0.25, -0.2) is 9.78 Å². The lowest BCUT2D eigenvalue weighted by Crippen LogP contribution is -2.31. The first-order valence-corrected chi connectivity index (χ1v) is 5.76. The zero-order valence-electron chi connectivity index (χ0n) is 9.48. The molecule has 1 aromatic heterocycles. The van der Waals surface area contributed by atoms with Crippen LogP contribution in [0.5, 0.6) is 0 Å². The first kappa shape index (κ1) is 11.9. The standard InChI is InChI=1S/C12H13ClN2O2/c1-8-3-2-6-15(7-8)11-9(12(16)17)4-5-10(13)14-11/h3-5H,2,6-7H2,1H3,(H,16,17). The van der Waals surface area contributed by atoms with Gasteiger partial charge in [-0.05, 0) is 25.5 Å². The van der Waals surface area contributed by atoms with Crippen LogP contribution >= 0.6 is 11.6 Å². The smallest absolute Gasteiger partial charge is 0.339 e. The van der Waals surface area contributed by atoms with Gasteiger partial charge in [-0.2, -0.15) is 0 Å². The molecule has 1 aromatic rings. The average molecular weight is 253 g/mol. The van der Waals surface area contributed by atoms with Crippen LogP contribution < -0.4 is 4.90 Å². The first-order chi connectivity index (χ1) is 8.08. The molecule has 17 heavy (non-hydrogen) atoms. The third-order valence-electron chi connectivity index (χ3n) is 2.70.